The fourth-order valence-electron chi connectivity index (χ4n) is 2.85. The Morgan fingerprint density at radius 2 is 1.97 bits per heavy atom. The van der Waals surface area contributed by atoms with Gasteiger partial charge in [-0.25, -0.2) is 9.37 Å². The van der Waals surface area contributed by atoms with Crippen molar-refractivity contribution in [3.8, 4) is 11.4 Å². The molecule has 0 radical (unpaired) electrons. The highest BCUT2D eigenvalue weighted by Gasteiger charge is 2.07. The van der Waals surface area contributed by atoms with Gasteiger partial charge in [0.25, 0.3) is 0 Å². The Balaban J connectivity index is 0.00000300. The Hall–Kier alpha value is -2.62. The molecule has 0 atom stereocenters. The summed E-state index contributed by atoms with van der Waals surface area (Å²) in [5, 5.41) is 6.45. The van der Waals surface area contributed by atoms with Crippen molar-refractivity contribution >= 4 is 29.9 Å². The summed E-state index contributed by atoms with van der Waals surface area (Å²) in [7, 11) is 3.36. The van der Waals surface area contributed by atoms with E-state index in [1.165, 1.54) is 6.07 Å². The van der Waals surface area contributed by atoms with E-state index >= 15 is 0 Å². The van der Waals surface area contributed by atoms with Gasteiger partial charge in [0, 0.05) is 38.1 Å². The predicted octanol–water partition coefficient (Wildman–Crippen LogP) is 3.81. The molecular formula is C21H25FIN5O. The molecular weight excluding hydrogens is 484 g/mol. The fraction of sp³-hybridized carbons (Fsp3) is 0.238. The topological polar surface area (TPSA) is 63.5 Å². The van der Waals surface area contributed by atoms with Crippen molar-refractivity contribution in [2.45, 2.75) is 20.0 Å². The lowest BCUT2D eigenvalue weighted by Crippen LogP contribution is -2.36. The fourth-order valence-corrected chi connectivity index (χ4v) is 2.85. The SMILES string of the molecule is CN=C(NCc1ccc(-n2ccnc2)c(F)c1)NCc1ccc(C)cc1OC.I. The highest BCUT2D eigenvalue weighted by molar-refractivity contribution is 14.0. The maximum absolute atomic E-state index is 14.4. The largest absolute Gasteiger partial charge is 0.496 e. The molecule has 0 amide bonds. The molecule has 0 aliphatic carbocycles. The van der Waals surface area contributed by atoms with E-state index in [0.29, 0.717) is 24.7 Å². The molecule has 0 saturated carbocycles. The quantitative estimate of drug-likeness (QED) is 0.302. The van der Waals surface area contributed by atoms with Crippen molar-refractivity contribution in [1.82, 2.24) is 20.2 Å². The van der Waals surface area contributed by atoms with Crippen molar-refractivity contribution in [3.63, 3.8) is 0 Å². The van der Waals surface area contributed by atoms with Gasteiger partial charge in [0.15, 0.2) is 5.96 Å². The number of aryl methyl sites for hydroxylation is 1. The Kier molecular flexibility index (Phi) is 8.44. The molecule has 0 aliphatic heterocycles. The number of guanidine groups is 1. The zero-order chi connectivity index (χ0) is 19.9. The van der Waals surface area contributed by atoms with Crippen LogP contribution in [-0.4, -0.2) is 29.7 Å². The van der Waals surface area contributed by atoms with Gasteiger partial charge >= 0.3 is 0 Å². The number of aliphatic imine (C=N–C) groups is 1. The number of hydrogen-bond donors (Lipinski definition) is 2. The van der Waals surface area contributed by atoms with Crippen molar-refractivity contribution < 1.29 is 9.13 Å². The normalized spacial score (nSPS) is 11.0. The summed E-state index contributed by atoms with van der Waals surface area (Å²) in [6.07, 6.45) is 4.90. The first-order chi connectivity index (χ1) is 13.6. The van der Waals surface area contributed by atoms with Crippen molar-refractivity contribution in [2.75, 3.05) is 14.2 Å². The third-order valence-corrected chi connectivity index (χ3v) is 4.37. The molecule has 0 saturated heterocycles. The lowest BCUT2D eigenvalue weighted by atomic mass is 10.1. The molecule has 0 fully saturated rings. The Morgan fingerprint density at radius 1 is 1.17 bits per heavy atom. The first kappa shape index (κ1) is 22.7. The van der Waals surface area contributed by atoms with Crippen LogP contribution in [0.25, 0.3) is 5.69 Å². The second kappa shape index (κ2) is 10.8. The number of benzene rings is 2. The van der Waals surface area contributed by atoms with Gasteiger partial charge in [0.05, 0.1) is 19.1 Å². The van der Waals surface area contributed by atoms with E-state index in [-0.39, 0.29) is 29.8 Å². The van der Waals surface area contributed by atoms with E-state index in [4.69, 9.17) is 4.74 Å². The zero-order valence-electron chi connectivity index (χ0n) is 16.6. The smallest absolute Gasteiger partial charge is 0.191 e. The number of hydrogen-bond acceptors (Lipinski definition) is 3. The van der Waals surface area contributed by atoms with Gasteiger partial charge in [0.2, 0.25) is 0 Å². The lowest BCUT2D eigenvalue weighted by molar-refractivity contribution is 0.408. The molecule has 1 aromatic heterocycles. The zero-order valence-corrected chi connectivity index (χ0v) is 19.0. The summed E-state index contributed by atoms with van der Waals surface area (Å²) in [6.45, 7) is 3.04. The van der Waals surface area contributed by atoms with Gasteiger partial charge in [-0.2, -0.15) is 0 Å². The minimum atomic E-state index is -0.301. The van der Waals surface area contributed by atoms with Crippen LogP contribution in [-0.2, 0) is 13.1 Å². The molecule has 1 heterocycles. The highest BCUT2D eigenvalue weighted by Crippen LogP contribution is 2.19. The summed E-state index contributed by atoms with van der Waals surface area (Å²) in [4.78, 5) is 8.17. The van der Waals surface area contributed by atoms with Crippen LogP contribution in [0.5, 0.6) is 5.75 Å². The van der Waals surface area contributed by atoms with Crippen LogP contribution in [0, 0.1) is 12.7 Å². The molecule has 3 aromatic rings. The summed E-state index contributed by atoms with van der Waals surface area (Å²) >= 11 is 0. The van der Waals surface area contributed by atoms with Gasteiger partial charge in [-0.05, 0) is 36.2 Å². The van der Waals surface area contributed by atoms with E-state index in [2.05, 4.69) is 20.6 Å². The molecule has 29 heavy (non-hydrogen) atoms. The van der Waals surface area contributed by atoms with Crippen LogP contribution in [0.2, 0.25) is 0 Å². The number of methoxy groups -OCH3 is 1. The van der Waals surface area contributed by atoms with Crippen LogP contribution < -0.4 is 15.4 Å². The standard InChI is InChI=1S/C21H24FN5O.HI/c1-15-4-6-17(20(10-15)28-3)13-26-21(23-2)25-12-16-5-7-19(18(22)11-16)27-9-8-24-14-27;/h4-11,14H,12-13H2,1-3H3,(H2,23,25,26);1H. The average molecular weight is 509 g/mol. The first-order valence-electron chi connectivity index (χ1n) is 8.95. The number of nitrogens with zero attached hydrogens (tertiary/aromatic N) is 3. The summed E-state index contributed by atoms with van der Waals surface area (Å²) in [6, 6.07) is 11.2. The van der Waals surface area contributed by atoms with Gasteiger partial charge < -0.3 is 19.9 Å². The monoisotopic (exact) mass is 509 g/mol. The maximum atomic E-state index is 14.4. The molecule has 0 bridgehead atoms. The first-order valence-corrected chi connectivity index (χ1v) is 8.95. The maximum Gasteiger partial charge on any atom is 0.191 e. The molecule has 6 nitrogen and oxygen atoms in total. The van der Waals surface area contributed by atoms with E-state index in [1.54, 1.807) is 43.5 Å². The van der Waals surface area contributed by atoms with Crippen LogP contribution >= 0.6 is 24.0 Å². The van der Waals surface area contributed by atoms with Crippen molar-refractivity contribution in [1.29, 1.82) is 0 Å². The Labute approximate surface area is 187 Å². The number of nitrogens with one attached hydrogen (secondary N) is 2. The lowest BCUT2D eigenvalue weighted by Gasteiger charge is -2.14. The molecule has 3 rings (SSSR count). The third-order valence-electron chi connectivity index (χ3n) is 4.37. The summed E-state index contributed by atoms with van der Waals surface area (Å²) < 4.78 is 21.4. The Morgan fingerprint density at radius 3 is 2.62 bits per heavy atom. The number of rotatable bonds is 6. The van der Waals surface area contributed by atoms with E-state index in [0.717, 1.165) is 22.4 Å². The highest BCUT2D eigenvalue weighted by atomic mass is 127. The molecule has 0 aliphatic rings. The third kappa shape index (κ3) is 5.93. The van der Waals surface area contributed by atoms with E-state index in [9.17, 15) is 4.39 Å². The molecule has 0 spiro atoms. The van der Waals surface area contributed by atoms with Gasteiger partial charge in [0.1, 0.15) is 11.6 Å². The van der Waals surface area contributed by atoms with Crippen LogP contribution in [0.3, 0.4) is 0 Å². The molecule has 2 aromatic carbocycles. The molecule has 154 valence electrons. The van der Waals surface area contributed by atoms with Crippen LogP contribution in [0.15, 0.2) is 60.1 Å². The van der Waals surface area contributed by atoms with Crippen molar-refractivity contribution in [3.05, 3.63) is 77.6 Å². The molecule has 0 unspecified atom stereocenters. The van der Waals surface area contributed by atoms with Crippen molar-refractivity contribution in [2.24, 2.45) is 4.99 Å². The van der Waals surface area contributed by atoms with Crippen LogP contribution in [0.1, 0.15) is 16.7 Å². The van der Waals surface area contributed by atoms with E-state index < -0.39 is 0 Å². The summed E-state index contributed by atoms with van der Waals surface area (Å²) in [5.74, 6) is 1.16. The second-order valence-electron chi connectivity index (χ2n) is 6.35. The van der Waals surface area contributed by atoms with Gasteiger partial charge in [-0.3, -0.25) is 4.99 Å². The second-order valence-corrected chi connectivity index (χ2v) is 6.35. The van der Waals surface area contributed by atoms with Gasteiger partial charge in [-0.1, -0.05) is 18.2 Å². The van der Waals surface area contributed by atoms with Crippen LogP contribution in [0.4, 0.5) is 4.39 Å². The molecule has 8 heteroatoms. The minimum absolute atomic E-state index is 0. The predicted molar refractivity (Wildman–Crippen MR) is 124 cm³/mol. The number of ether oxygens (including phenoxy) is 1. The van der Waals surface area contributed by atoms with E-state index in [1.807, 2.05) is 31.2 Å². The van der Waals surface area contributed by atoms with Gasteiger partial charge in [-0.15, -0.1) is 24.0 Å². The number of imidazole rings is 1. The summed E-state index contributed by atoms with van der Waals surface area (Å²) in [5.41, 5.74) is 3.46. The molecule has 2 N–H and O–H groups in total. The number of halogens is 2. The minimum Gasteiger partial charge on any atom is -0.496 e. The number of aromatic nitrogens is 2. The Bertz CT molecular complexity index is 960. The average Bonchev–Trinajstić information content (AvgIpc) is 3.23.